The summed E-state index contributed by atoms with van der Waals surface area (Å²) in [7, 11) is 0. The van der Waals surface area contributed by atoms with E-state index < -0.39 is 0 Å². The second-order valence-corrected chi connectivity index (χ2v) is 4.08. The third-order valence-electron chi connectivity index (χ3n) is 1.65. The van der Waals surface area contributed by atoms with E-state index in [1.54, 1.807) is 12.1 Å². The monoisotopic (exact) mass is 275 g/mol. The fourth-order valence-electron chi connectivity index (χ4n) is 1.02. The minimum absolute atomic E-state index is 0.0201. The van der Waals surface area contributed by atoms with Gasteiger partial charge in [0.2, 0.25) is 5.91 Å². The largest absolute Gasteiger partial charge is 0.326 e. The molecule has 0 atom stereocenters. The van der Waals surface area contributed by atoms with Gasteiger partial charge in [-0.25, -0.2) is 0 Å². The van der Waals surface area contributed by atoms with Crippen molar-refractivity contribution in [3.05, 3.63) is 29.3 Å². The number of rotatable bonds is 4. The summed E-state index contributed by atoms with van der Waals surface area (Å²) in [4.78, 5) is 11.3. The molecule has 0 bridgehead atoms. The van der Waals surface area contributed by atoms with Gasteiger partial charge in [-0.1, -0.05) is 33.6 Å². The van der Waals surface area contributed by atoms with Gasteiger partial charge in [-0.2, -0.15) is 0 Å². The Balaban J connectivity index is 2.47. The molecule has 0 aliphatic rings. The number of amides is 1. The van der Waals surface area contributed by atoms with E-state index in [0.29, 0.717) is 11.4 Å². The summed E-state index contributed by atoms with van der Waals surface area (Å²) in [5.41, 5.74) is 0.747. The summed E-state index contributed by atoms with van der Waals surface area (Å²) in [6.07, 6.45) is 1.37. The zero-order valence-electron chi connectivity index (χ0n) is 7.59. The fraction of sp³-hybridized carbons (Fsp3) is 0.300. The smallest absolute Gasteiger partial charge is 0.224 e. The Kier molecular flexibility index (Phi) is 4.98. The third kappa shape index (κ3) is 4.11. The SMILES string of the molecule is O=C(CCCBr)Nc1cccc(Cl)c1. The van der Waals surface area contributed by atoms with E-state index in [1.165, 1.54) is 0 Å². The number of halogens is 2. The van der Waals surface area contributed by atoms with Crippen molar-refractivity contribution in [1.82, 2.24) is 0 Å². The van der Waals surface area contributed by atoms with Crippen LogP contribution in [0.4, 0.5) is 5.69 Å². The average molecular weight is 277 g/mol. The Morgan fingerprint density at radius 3 is 2.93 bits per heavy atom. The molecule has 14 heavy (non-hydrogen) atoms. The van der Waals surface area contributed by atoms with Gasteiger partial charge in [0.15, 0.2) is 0 Å². The molecule has 0 saturated carbocycles. The van der Waals surface area contributed by atoms with Gasteiger partial charge in [-0.15, -0.1) is 0 Å². The fourth-order valence-corrected chi connectivity index (χ4v) is 1.49. The average Bonchev–Trinajstić information content (AvgIpc) is 2.15. The first-order valence-corrected chi connectivity index (χ1v) is 5.83. The van der Waals surface area contributed by atoms with E-state index in [0.717, 1.165) is 17.4 Å². The summed E-state index contributed by atoms with van der Waals surface area (Å²) in [5, 5.41) is 4.24. The van der Waals surface area contributed by atoms with Gasteiger partial charge in [0.25, 0.3) is 0 Å². The maximum Gasteiger partial charge on any atom is 0.224 e. The van der Waals surface area contributed by atoms with Crippen molar-refractivity contribution in [2.24, 2.45) is 0 Å². The predicted octanol–water partition coefficient (Wildman–Crippen LogP) is 3.45. The van der Waals surface area contributed by atoms with Crippen molar-refractivity contribution < 1.29 is 4.79 Å². The molecule has 0 unspecified atom stereocenters. The van der Waals surface area contributed by atoms with E-state index in [-0.39, 0.29) is 5.91 Å². The van der Waals surface area contributed by atoms with Crippen molar-refractivity contribution >= 4 is 39.1 Å². The van der Waals surface area contributed by atoms with Gasteiger partial charge in [0.1, 0.15) is 0 Å². The van der Waals surface area contributed by atoms with Crippen LogP contribution in [0.25, 0.3) is 0 Å². The van der Waals surface area contributed by atoms with E-state index in [9.17, 15) is 4.79 Å². The Morgan fingerprint density at radius 1 is 1.50 bits per heavy atom. The summed E-state index contributed by atoms with van der Waals surface area (Å²) in [6.45, 7) is 0. The molecule has 0 saturated heterocycles. The zero-order valence-corrected chi connectivity index (χ0v) is 9.94. The number of hydrogen-bond acceptors (Lipinski definition) is 1. The maximum absolute atomic E-state index is 11.3. The Bertz CT molecular complexity index is 317. The van der Waals surface area contributed by atoms with Crippen LogP contribution in [0.2, 0.25) is 5.02 Å². The molecule has 0 aliphatic carbocycles. The van der Waals surface area contributed by atoms with Crippen LogP contribution in [0.5, 0.6) is 0 Å². The van der Waals surface area contributed by atoms with Crippen molar-refractivity contribution in [3.8, 4) is 0 Å². The number of carbonyl (C=O) groups is 1. The lowest BCUT2D eigenvalue weighted by Gasteiger charge is -2.04. The predicted molar refractivity (Wildman–Crippen MR) is 63.1 cm³/mol. The van der Waals surface area contributed by atoms with E-state index in [4.69, 9.17) is 11.6 Å². The van der Waals surface area contributed by atoms with Gasteiger partial charge in [0.05, 0.1) is 0 Å². The van der Waals surface area contributed by atoms with Crippen LogP contribution in [0.15, 0.2) is 24.3 Å². The second kappa shape index (κ2) is 6.04. The molecule has 4 heteroatoms. The molecule has 0 fully saturated rings. The topological polar surface area (TPSA) is 29.1 Å². The van der Waals surface area contributed by atoms with Crippen molar-refractivity contribution in [3.63, 3.8) is 0 Å². The molecule has 1 aromatic rings. The lowest BCUT2D eigenvalue weighted by molar-refractivity contribution is -0.116. The number of alkyl halides is 1. The minimum Gasteiger partial charge on any atom is -0.326 e. The van der Waals surface area contributed by atoms with Gasteiger partial charge >= 0.3 is 0 Å². The molecule has 1 N–H and O–H groups in total. The Hall–Kier alpha value is -0.540. The van der Waals surface area contributed by atoms with E-state index in [1.807, 2.05) is 12.1 Å². The van der Waals surface area contributed by atoms with Gasteiger partial charge in [0, 0.05) is 22.5 Å². The van der Waals surface area contributed by atoms with Crippen LogP contribution in [-0.4, -0.2) is 11.2 Å². The molecule has 1 aromatic carbocycles. The highest BCUT2D eigenvalue weighted by Crippen LogP contribution is 2.15. The van der Waals surface area contributed by atoms with Crippen LogP contribution < -0.4 is 5.32 Å². The normalized spacial score (nSPS) is 9.86. The number of anilines is 1. The third-order valence-corrected chi connectivity index (χ3v) is 2.44. The molecule has 0 aromatic heterocycles. The van der Waals surface area contributed by atoms with E-state index in [2.05, 4.69) is 21.2 Å². The van der Waals surface area contributed by atoms with Crippen molar-refractivity contribution in [1.29, 1.82) is 0 Å². The summed E-state index contributed by atoms with van der Waals surface area (Å²) >= 11 is 9.05. The molecule has 0 heterocycles. The van der Waals surface area contributed by atoms with Crippen molar-refractivity contribution in [2.45, 2.75) is 12.8 Å². The standard InChI is InChI=1S/C10H11BrClNO/c11-6-2-5-10(14)13-9-4-1-3-8(12)7-9/h1,3-4,7H,2,5-6H2,(H,13,14). The first kappa shape index (κ1) is 11.5. The Morgan fingerprint density at radius 2 is 2.29 bits per heavy atom. The van der Waals surface area contributed by atoms with Crippen LogP contribution in [-0.2, 0) is 4.79 Å². The van der Waals surface area contributed by atoms with Gasteiger partial charge in [-0.05, 0) is 24.6 Å². The lowest BCUT2D eigenvalue weighted by atomic mass is 10.3. The molecule has 0 radical (unpaired) electrons. The highest BCUT2D eigenvalue weighted by molar-refractivity contribution is 9.09. The summed E-state index contributed by atoms with van der Waals surface area (Å²) < 4.78 is 0. The molecule has 1 rings (SSSR count). The molecule has 0 aliphatic heterocycles. The second-order valence-electron chi connectivity index (χ2n) is 2.85. The van der Waals surface area contributed by atoms with Gasteiger partial charge in [-0.3, -0.25) is 4.79 Å². The lowest BCUT2D eigenvalue weighted by Crippen LogP contribution is -2.11. The van der Waals surface area contributed by atoms with Crippen molar-refractivity contribution in [2.75, 3.05) is 10.6 Å². The number of nitrogens with one attached hydrogen (secondary N) is 1. The molecular weight excluding hydrogens is 265 g/mol. The molecule has 2 nitrogen and oxygen atoms in total. The highest BCUT2D eigenvalue weighted by atomic mass is 79.9. The molecule has 0 spiro atoms. The Labute approximate surface area is 96.8 Å². The summed E-state index contributed by atoms with van der Waals surface area (Å²) in [5.74, 6) is 0.0201. The molecule has 76 valence electrons. The zero-order chi connectivity index (χ0) is 10.4. The van der Waals surface area contributed by atoms with Crippen LogP contribution in [0, 0.1) is 0 Å². The van der Waals surface area contributed by atoms with Crippen LogP contribution in [0.1, 0.15) is 12.8 Å². The first-order chi connectivity index (χ1) is 6.72. The first-order valence-electron chi connectivity index (χ1n) is 4.34. The maximum atomic E-state index is 11.3. The molecular formula is C10H11BrClNO. The van der Waals surface area contributed by atoms with E-state index >= 15 is 0 Å². The van der Waals surface area contributed by atoms with Crippen LogP contribution >= 0.6 is 27.5 Å². The minimum atomic E-state index is 0.0201. The van der Waals surface area contributed by atoms with Gasteiger partial charge < -0.3 is 5.32 Å². The molecule has 1 amide bonds. The highest BCUT2D eigenvalue weighted by Gasteiger charge is 2.01. The van der Waals surface area contributed by atoms with Crippen LogP contribution in [0.3, 0.4) is 0 Å². The number of hydrogen-bond donors (Lipinski definition) is 1. The number of carbonyl (C=O) groups excluding carboxylic acids is 1. The summed E-state index contributed by atoms with van der Waals surface area (Å²) in [6, 6.07) is 7.13. The quantitative estimate of drug-likeness (QED) is 0.839. The number of benzene rings is 1.